The van der Waals surface area contributed by atoms with E-state index in [1.807, 2.05) is 31.1 Å². The molecule has 9 heteroatoms. The lowest BCUT2D eigenvalue weighted by molar-refractivity contribution is 0.102. The standard InChI is InChI=1S/C19H16F3N5O/c1-27(2)12-5-3-11(4-6-12)25-19(28)15-9-24-16(10-23-15)26-14-8-7-13(20)17(21)18(14)22/h3-10H,1-2H3,(H,24,26)(H,25,28). The van der Waals surface area contributed by atoms with E-state index < -0.39 is 23.4 Å². The Balaban J connectivity index is 1.68. The summed E-state index contributed by atoms with van der Waals surface area (Å²) < 4.78 is 39.9. The first-order chi connectivity index (χ1) is 13.3. The van der Waals surface area contributed by atoms with Crippen molar-refractivity contribution < 1.29 is 18.0 Å². The predicted octanol–water partition coefficient (Wildman–Crippen LogP) is 3.96. The number of benzene rings is 2. The van der Waals surface area contributed by atoms with Crippen molar-refractivity contribution in [2.45, 2.75) is 0 Å². The van der Waals surface area contributed by atoms with Crippen molar-refractivity contribution in [2.24, 2.45) is 0 Å². The number of aromatic nitrogens is 2. The molecular formula is C19H16F3N5O. The quantitative estimate of drug-likeness (QED) is 0.649. The van der Waals surface area contributed by atoms with Crippen LogP contribution in [0.1, 0.15) is 10.5 Å². The predicted molar refractivity (Wildman–Crippen MR) is 100 cm³/mol. The highest BCUT2D eigenvalue weighted by Gasteiger charge is 2.14. The minimum Gasteiger partial charge on any atom is -0.378 e. The molecule has 0 aliphatic carbocycles. The Kier molecular flexibility index (Phi) is 5.44. The fourth-order valence-electron chi connectivity index (χ4n) is 2.31. The molecule has 1 heterocycles. The van der Waals surface area contributed by atoms with Crippen molar-refractivity contribution in [1.82, 2.24) is 9.97 Å². The summed E-state index contributed by atoms with van der Waals surface area (Å²) >= 11 is 0. The Morgan fingerprint density at radius 3 is 2.25 bits per heavy atom. The van der Waals surface area contributed by atoms with E-state index in [-0.39, 0.29) is 17.2 Å². The third-order valence-electron chi connectivity index (χ3n) is 3.82. The number of rotatable bonds is 5. The largest absolute Gasteiger partial charge is 0.378 e. The first-order valence-electron chi connectivity index (χ1n) is 8.16. The van der Waals surface area contributed by atoms with Crippen molar-refractivity contribution in [2.75, 3.05) is 29.6 Å². The van der Waals surface area contributed by atoms with Gasteiger partial charge in [-0.15, -0.1) is 0 Å². The molecule has 0 atom stereocenters. The van der Waals surface area contributed by atoms with E-state index in [4.69, 9.17) is 0 Å². The Hall–Kier alpha value is -3.62. The topological polar surface area (TPSA) is 70.2 Å². The molecule has 2 N–H and O–H groups in total. The molecule has 0 radical (unpaired) electrons. The molecule has 0 fully saturated rings. The second-order valence-electron chi connectivity index (χ2n) is 6.03. The molecule has 0 saturated heterocycles. The van der Waals surface area contributed by atoms with Crippen LogP contribution in [0.15, 0.2) is 48.8 Å². The summed E-state index contributed by atoms with van der Waals surface area (Å²) in [5.41, 5.74) is 1.31. The minimum absolute atomic E-state index is 0.0352. The number of halogens is 3. The van der Waals surface area contributed by atoms with Crippen LogP contribution < -0.4 is 15.5 Å². The summed E-state index contributed by atoms with van der Waals surface area (Å²) in [6.07, 6.45) is 2.37. The molecule has 0 aliphatic heterocycles. The van der Waals surface area contributed by atoms with Crippen LogP contribution in [0.5, 0.6) is 0 Å². The van der Waals surface area contributed by atoms with Crippen LogP contribution in [0.2, 0.25) is 0 Å². The van der Waals surface area contributed by atoms with Gasteiger partial charge in [0.25, 0.3) is 5.91 Å². The van der Waals surface area contributed by atoms with Gasteiger partial charge in [0, 0.05) is 25.5 Å². The van der Waals surface area contributed by atoms with Crippen molar-refractivity contribution >= 4 is 28.8 Å². The molecule has 0 saturated carbocycles. The SMILES string of the molecule is CN(C)c1ccc(NC(=O)c2cnc(Nc3ccc(F)c(F)c3F)cn2)cc1. The zero-order valence-corrected chi connectivity index (χ0v) is 15.0. The van der Waals surface area contributed by atoms with Gasteiger partial charge in [0.2, 0.25) is 0 Å². The van der Waals surface area contributed by atoms with Crippen molar-refractivity contribution in [3.63, 3.8) is 0 Å². The number of nitrogens with zero attached hydrogens (tertiary/aromatic N) is 3. The van der Waals surface area contributed by atoms with Crippen LogP contribution in [0.3, 0.4) is 0 Å². The maximum absolute atomic E-state index is 13.7. The van der Waals surface area contributed by atoms with E-state index in [2.05, 4.69) is 20.6 Å². The molecule has 2 aromatic carbocycles. The monoisotopic (exact) mass is 387 g/mol. The van der Waals surface area contributed by atoms with Crippen LogP contribution >= 0.6 is 0 Å². The van der Waals surface area contributed by atoms with E-state index in [1.165, 1.54) is 12.4 Å². The molecule has 144 valence electrons. The highest BCUT2D eigenvalue weighted by molar-refractivity contribution is 6.02. The summed E-state index contributed by atoms with van der Waals surface area (Å²) in [5, 5.41) is 5.17. The average molecular weight is 387 g/mol. The molecule has 0 aliphatic rings. The first-order valence-corrected chi connectivity index (χ1v) is 8.16. The maximum Gasteiger partial charge on any atom is 0.275 e. The van der Waals surface area contributed by atoms with E-state index >= 15 is 0 Å². The average Bonchev–Trinajstić information content (AvgIpc) is 2.69. The first kappa shape index (κ1) is 19.2. The van der Waals surface area contributed by atoms with Crippen LogP contribution in [0.4, 0.5) is 36.1 Å². The molecule has 28 heavy (non-hydrogen) atoms. The third-order valence-corrected chi connectivity index (χ3v) is 3.82. The molecule has 0 unspecified atom stereocenters. The Labute approximate surface area is 159 Å². The summed E-state index contributed by atoms with van der Waals surface area (Å²) in [5.74, 6) is -4.66. The Morgan fingerprint density at radius 2 is 1.64 bits per heavy atom. The fourth-order valence-corrected chi connectivity index (χ4v) is 2.31. The van der Waals surface area contributed by atoms with Gasteiger partial charge in [-0.05, 0) is 36.4 Å². The smallest absolute Gasteiger partial charge is 0.275 e. The number of hydrogen-bond donors (Lipinski definition) is 2. The van der Waals surface area contributed by atoms with Gasteiger partial charge in [-0.25, -0.2) is 23.1 Å². The van der Waals surface area contributed by atoms with Crippen LogP contribution in [-0.4, -0.2) is 30.0 Å². The van der Waals surface area contributed by atoms with E-state index in [1.54, 1.807) is 12.1 Å². The number of anilines is 4. The zero-order chi connectivity index (χ0) is 20.3. The van der Waals surface area contributed by atoms with Gasteiger partial charge in [-0.2, -0.15) is 0 Å². The summed E-state index contributed by atoms with van der Waals surface area (Å²) in [4.78, 5) is 22.1. The number of hydrogen-bond acceptors (Lipinski definition) is 5. The van der Waals surface area contributed by atoms with Gasteiger partial charge in [-0.3, -0.25) is 4.79 Å². The van der Waals surface area contributed by atoms with E-state index in [0.717, 1.165) is 17.8 Å². The second kappa shape index (κ2) is 7.95. The lowest BCUT2D eigenvalue weighted by Gasteiger charge is -2.13. The Morgan fingerprint density at radius 1 is 0.929 bits per heavy atom. The number of nitrogens with one attached hydrogen (secondary N) is 2. The van der Waals surface area contributed by atoms with Gasteiger partial charge >= 0.3 is 0 Å². The number of amides is 1. The molecule has 3 aromatic rings. The zero-order valence-electron chi connectivity index (χ0n) is 15.0. The molecule has 3 rings (SSSR count). The molecule has 1 amide bonds. The van der Waals surface area contributed by atoms with Crippen LogP contribution in [0, 0.1) is 17.5 Å². The normalized spacial score (nSPS) is 10.5. The van der Waals surface area contributed by atoms with E-state index in [9.17, 15) is 18.0 Å². The third kappa shape index (κ3) is 4.20. The van der Waals surface area contributed by atoms with Gasteiger partial charge in [0.05, 0.1) is 18.1 Å². The van der Waals surface area contributed by atoms with Crippen molar-refractivity contribution in [3.05, 3.63) is 71.9 Å². The minimum atomic E-state index is -1.59. The van der Waals surface area contributed by atoms with Gasteiger partial charge < -0.3 is 15.5 Å². The van der Waals surface area contributed by atoms with Gasteiger partial charge in [-0.1, -0.05) is 0 Å². The lowest BCUT2D eigenvalue weighted by atomic mass is 10.2. The summed E-state index contributed by atoms with van der Waals surface area (Å²) in [6.45, 7) is 0. The van der Waals surface area contributed by atoms with E-state index in [0.29, 0.717) is 5.69 Å². The molecule has 0 spiro atoms. The maximum atomic E-state index is 13.7. The molecule has 6 nitrogen and oxygen atoms in total. The molecule has 0 bridgehead atoms. The number of carbonyl (C=O) groups is 1. The highest BCUT2D eigenvalue weighted by Crippen LogP contribution is 2.22. The Bertz CT molecular complexity index is 992. The molecular weight excluding hydrogens is 371 g/mol. The van der Waals surface area contributed by atoms with Gasteiger partial charge in [0.15, 0.2) is 17.5 Å². The summed E-state index contributed by atoms with van der Waals surface area (Å²) in [6, 6.07) is 9.03. The fraction of sp³-hybridized carbons (Fsp3) is 0.105. The molecule has 1 aromatic heterocycles. The van der Waals surface area contributed by atoms with Crippen LogP contribution in [0.25, 0.3) is 0 Å². The number of carbonyl (C=O) groups excluding carboxylic acids is 1. The second-order valence-corrected chi connectivity index (χ2v) is 6.03. The van der Waals surface area contributed by atoms with Crippen molar-refractivity contribution in [1.29, 1.82) is 0 Å². The lowest BCUT2D eigenvalue weighted by Crippen LogP contribution is -2.14. The van der Waals surface area contributed by atoms with Crippen molar-refractivity contribution in [3.8, 4) is 0 Å². The highest BCUT2D eigenvalue weighted by atomic mass is 19.2. The van der Waals surface area contributed by atoms with Crippen LogP contribution in [-0.2, 0) is 0 Å². The van der Waals surface area contributed by atoms with Gasteiger partial charge in [0.1, 0.15) is 11.5 Å². The summed E-state index contributed by atoms with van der Waals surface area (Å²) in [7, 11) is 3.82.